The monoisotopic (exact) mass is 625 g/mol. The number of methoxy groups -OCH3 is 1. The van der Waals surface area contributed by atoms with Crippen molar-refractivity contribution < 1.29 is 37.0 Å². The van der Waals surface area contributed by atoms with Crippen molar-refractivity contribution >= 4 is 46.1 Å². The van der Waals surface area contributed by atoms with Crippen molar-refractivity contribution in [3.63, 3.8) is 0 Å². The molecular formula is C30H30F3N7O5. The molecule has 236 valence electrons. The first-order valence-corrected chi connectivity index (χ1v) is 13.9. The van der Waals surface area contributed by atoms with Gasteiger partial charge in [-0.15, -0.1) is 0 Å². The van der Waals surface area contributed by atoms with Crippen LogP contribution in [0.2, 0.25) is 0 Å². The standard InChI is InChI=1S/C30H30F3N7O5/c1-15(2)39-13-19(29(42)40(30(39)43)18-6-7-20(31)21(32)12-18)28(41)36-17-5-8-23(22(33)11-17)45-24-9-10-34-26-25(24)27(38-37-26)35-16(3)14-44-4/h5-12,15-16,19H,13-14H2,1-4H3,(H,36,41)(H2,34,35,37,38)/t16-,19?/m0/s1. The molecule has 15 heteroatoms. The van der Waals surface area contributed by atoms with E-state index in [2.05, 4.69) is 25.8 Å². The molecule has 2 aromatic heterocycles. The van der Waals surface area contributed by atoms with E-state index in [9.17, 15) is 23.2 Å². The predicted octanol–water partition coefficient (Wildman–Crippen LogP) is 5.05. The van der Waals surface area contributed by atoms with Gasteiger partial charge in [-0.2, -0.15) is 5.10 Å². The fourth-order valence-electron chi connectivity index (χ4n) is 4.87. The van der Waals surface area contributed by atoms with E-state index in [1.165, 1.54) is 23.2 Å². The van der Waals surface area contributed by atoms with E-state index in [-0.39, 0.29) is 35.5 Å². The van der Waals surface area contributed by atoms with Crippen molar-refractivity contribution in [1.82, 2.24) is 20.1 Å². The summed E-state index contributed by atoms with van der Waals surface area (Å²) < 4.78 is 53.8. The molecule has 0 bridgehead atoms. The number of hydrogen-bond acceptors (Lipinski definition) is 8. The number of imide groups is 1. The Hall–Kier alpha value is -5.18. The highest BCUT2D eigenvalue weighted by Gasteiger charge is 2.44. The van der Waals surface area contributed by atoms with Crippen molar-refractivity contribution in [2.45, 2.75) is 32.9 Å². The fraction of sp³-hybridized carbons (Fsp3) is 0.300. The minimum Gasteiger partial charge on any atom is -0.453 e. The zero-order chi connectivity index (χ0) is 32.4. The van der Waals surface area contributed by atoms with Crippen LogP contribution < -0.4 is 20.3 Å². The van der Waals surface area contributed by atoms with Crippen LogP contribution in [0.1, 0.15) is 20.8 Å². The van der Waals surface area contributed by atoms with Crippen LogP contribution in [-0.4, -0.2) is 70.3 Å². The molecule has 1 aliphatic heterocycles. The first-order chi connectivity index (χ1) is 21.5. The van der Waals surface area contributed by atoms with E-state index in [1.54, 1.807) is 27.0 Å². The molecule has 45 heavy (non-hydrogen) atoms. The van der Waals surface area contributed by atoms with E-state index < -0.39 is 47.3 Å². The summed E-state index contributed by atoms with van der Waals surface area (Å²) in [4.78, 5) is 45.9. The predicted molar refractivity (Wildman–Crippen MR) is 159 cm³/mol. The maximum absolute atomic E-state index is 15.3. The zero-order valence-electron chi connectivity index (χ0n) is 24.7. The van der Waals surface area contributed by atoms with Crippen LogP contribution in [0.25, 0.3) is 11.0 Å². The fourth-order valence-corrected chi connectivity index (χ4v) is 4.87. The molecule has 2 atom stereocenters. The zero-order valence-corrected chi connectivity index (χ0v) is 24.7. The number of ether oxygens (including phenoxy) is 2. The van der Waals surface area contributed by atoms with Gasteiger partial charge in [0.05, 0.1) is 12.3 Å². The molecule has 5 rings (SSSR count). The molecule has 4 amide bonds. The van der Waals surface area contributed by atoms with Crippen molar-refractivity contribution in [1.29, 1.82) is 0 Å². The number of aromatic nitrogens is 3. The Morgan fingerprint density at radius 2 is 1.82 bits per heavy atom. The second-order valence-electron chi connectivity index (χ2n) is 10.7. The van der Waals surface area contributed by atoms with Crippen molar-refractivity contribution in [2.75, 3.05) is 35.8 Å². The van der Waals surface area contributed by atoms with Crippen LogP contribution >= 0.6 is 0 Å². The van der Waals surface area contributed by atoms with Crippen molar-refractivity contribution in [3.8, 4) is 11.5 Å². The van der Waals surface area contributed by atoms with Crippen LogP contribution in [0, 0.1) is 23.4 Å². The maximum Gasteiger partial charge on any atom is 0.331 e. The normalized spacial score (nSPS) is 16.0. The molecule has 1 fully saturated rings. The average Bonchev–Trinajstić information content (AvgIpc) is 3.39. The average molecular weight is 626 g/mol. The number of hydrogen-bond donors (Lipinski definition) is 3. The first kappa shape index (κ1) is 31.3. The molecule has 0 spiro atoms. The third kappa shape index (κ3) is 6.38. The summed E-state index contributed by atoms with van der Waals surface area (Å²) in [5.41, 5.74) is 0.199. The summed E-state index contributed by atoms with van der Waals surface area (Å²) in [6.45, 7) is 5.40. The highest BCUT2D eigenvalue weighted by atomic mass is 19.2. The van der Waals surface area contributed by atoms with Crippen LogP contribution in [-0.2, 0) is 14.3 Å². The maximum atomic E-state index is 15.3. The molecule has 4 aromatic rings. The summed E-state index contributed by atoms with van der Waals surface area (Å²) in [6, 6.07) is 6.50. The van der Waals surface area contributed by atoms with Crippen molar-refractivity contribution in [3.05, 3.63) is 66.1 Å². The number of benzene rings is 2. The Labute approximate surface area is 255 Å². The number of rotatable bonds is 10. The van der Waals surface area contributed by atoms with Gasteiger partial charge in [-0.3, -0.25) is 14.7 Å². The van der Waals surface area contributed by atoms with Gasteiger partial charge in [-0.1, -0.05) is 0 Å². The van der Waals surface area contributed by atoms with Crippen molar-refractivity contribution in [2.24, 2.45) is 5.92 Å². The number of nitrogens with zero attached hydrogens (tertiary/aromatic N) is 4. The number of anilines is 3. The second kappa shape index (κ2) is 12.8. The number of fused-ring (bicyclic) bond motifs is 1. The highest BCUT2D eigenvalue weighted by molar-refractivity contribution is 6.23. The van der Waals surface area contributed by atoms with E-state index >= 15 is 4.39 Å². The molecule has 3 N–H and O–H groups in total. The molecule has 3 heterocycles. The summed E-state index contributed by atoms with van der Waals surface area (Å²) in [7, 11) is 1.57. The number of carbonyl (C=O) groups excluding carboxylic acids is 3. The molecule has 1 unspecified atom stereocenters. The summed E-state index contributed by atoms with van der Waals surface area (Å²) in [5, 5.41) is 13.2. The van der Waals surface area contributed by atoms with Gasteiger partial charge in [-0.25, -0.2) is 27.8 Å². The largest absolute Gasteiger partial charge is 0.453 e. The van der Waals surface area contributed by atoms with Crippen LogP contribution in [0.3, 0.4) is 0 Å². The molecule has 0 saturated carbocycles. The number of halogens is 3. The van der Waals surface area contributed by atoms with Gasteiger partial charge in [0.2, 0.25) is 11.8 Å². The smallest absolute Gasteiger partial charge is 0.331 e. The Morgan fingerprint density at radius 1 is 1.04 bits per heavy atom. The number of amides is 4. The number of nitrogens with one attached hydrogen (secondary N) is 3. The minimum atomic E-state index is -1.42. The lowest BCUT2D eigenvalue weighted by molar-refractivity contribution is -0.132. The number of carbonyl (C=O) groups is 3. The molecule has 0 aliphatic carbocycles. The number of H-pyrrole nitrogens is 1. The molecule has 0 radical (unpaired) electrons. The lowest BCUT2D eigenvalue weighted by Gasteiger charge is -2.39. The van der Waals surface area contributed by atoms with Gasteiger partial charge in [0.1, 0.15) is 17.1 Å². The van der Waals surface area contributed by atoms with Gasteiger partial charge in [0.25, 0.3) is 0 Å². The van der Waals surface area contributed by atoms with E-state index in [0.717, 1.165) is 18.2 Å². The third-order valence-electron chi connectivity index (χ3n) is 7.08. The van der Waals surface area contributed by atoms with Gasteiger partial charge in [-0.05, 0) is 45.0 Å². The minimum absolute atomic E-state index is 0.0176. The van der Waals surface area contributed by atoms with Gasteiger partial charge in [0.15, 0.2) is 34.7 Å². The summed E-state index contributed by atoms with van der Waals surface area (Å²) in [6.07, 6.45) is 1.47. The Balaban J connectivity index is 1.36. The topological polar surface area (TPSA) is 142 Å². The molecule has 1 saturated heterocycles. The van der Waals surface area contributed by atoms with Gasteiger partial charge in [0, 0.05) is 55.8 Å². The summed E-state index contributed by atoms with van der Waals surface area (Å²) in [5.74, 6) is -5.89. The van der Waals surface area contributed by atoms with E-state index in [1.807, 2.05) is 6.92 Å². The Bertz CT molecular complexity index is 1770. The third-order valence-corrected chi connectivity index (χ3v) is 7.08. The quantitative estimate of drug-likeness (QED) is 0.208. The number of urea groups is 1. The number of pyridine rings is 1. The summed E-state index contributed by atoms with van der Waals surface area (Å²) >= 11 is 0. The Morgan fingerprint density at radius 3 is 2.51 bits per heavy atom. The van der Waals surface area contributed by atoms with Gasteiger partial charge >= 0.3 is 6.03 Å². The second-order valence-corrected chi connectivity index (χ2v) is 10.7. The van der Waals surface area contributed by atoms with E-state index in [0.29, 0.717) is 34.4 Å². The SMILES string of the molecule is COC[C@H](C)Nc1n[nH]c2nccc(Oc3ccc(NC(=O)C4CN(C(C)C)C(=O)N(c5ccc(F)c(F)c5)C4=O)cc3F)c12. The van der Waals surface area contributed by atoms with Crippen LogP contribution in [0.5, 0.6) is 11.5 Å². The van der Waals surface area contributed by atoms with Crippen LogP contribution in [0.4, 0.5) is 35.2 Å². The lowest BCUT2D eigenvalue weighted by Crippen LogP contribution is -2.61. The number of aromatic amines is 1. The first-order valence-electron chi connectivity index (χ1n) is 13.9. The van der Waals surface area contributed by atoms with Gasteiger partial charge < -0.3 is 25.0 Å². The van der Waals surface area contributed by atoms with E-state index in [4.69, 9.17) is 9.47 Å². The molecule has 1 aliphatic rings. The Kier molecular flexibility index (Phi) is 8.90. The van der Waals surface area contributed by atoms with Crippen LogP contribution in [0.15, 0.2) is 48.7 Å². The molecular weight excluding hydrogens is 595 g/mol. The molecule has 2 aromatic carbocycles. The highest BCUT2D eigenvalue weighted by Crippen LogP contribution is 2.35. The lowest BCUT2D eigenvalue weighted by atomic mass is 10.0. The molecule has 12 nitrogen and oxygen atoms in total.